The summed E-state index contributed by atoms with van der Waals surface area (Å²) in [5, 5.41) is 15.4. The summed E-state index contributed by atoms with van der Waals surface area (Å²) >= 11 is 0. The van der Waals surface area contributed by atoms with Crippen LogP contribution in [-0.2, 0) is 20.8 Å². The lowest BCUT2D eigenvalue weighted by Crippen LogP contribution is -2.57. The molecule has 10 heteroatoms. The van der Waals surface area contributed by atoms with Crippen LogP contribution in [0.3, 0.4) is 0 Å². The molecule has 1 fully saturated rings. The van der Waals surface area contributed by atoms with E-state index in [2.05, 4.69) is 20.4 Å². The zero-order chi connectivity index (χ0) is 19.2. The van der Waals surface area contributed by atoms with Gasteiger partial charge in [-0.2, -0.15) is 4.98 Å². The predicted molar refractivity (Wildman–Crippen MR) is 91.2 cm³/mol. The number of amides is 2. The van der Waals surface area contributed by atoms with Crippen molar-refractivity contribution < 1.29 is 24.0 Å². The van der Waals surface area contributed by atoms with Crippen molar-refractivity contribution in [3.05, 3.63) is 30.4 Å². The Morgan fingerprint density at radius 3 is 3.00 bits per heavy atom. The van der Waals surface area contributed by atoms with Crippen LogP contribution in [0.4, 0.5) is 0 Å². The summed E-state index contributed by atoms with van der Waals surface area (Å²) in [5.41, 5.74) is 0.736. The molecule has 10 nitrogen and oxygen atoms in total. The highest BCUT2D eigenvalue weighted by molar-refractivity contribution is 5.91. The smallest absolute Gasteiger partial charge is 0.305 e. The Hall–Kier alpha value is -3.30. The minimum Gasteiger partial charge on any atom is -0.481 e. The van der Waals surface area contributed by atoms with Crippen LogP contribution in [0.1, 0.15) is 25.2 Å². The van der Waals surface area contributed by atoms with Gasteiger partial charge in [0.05, 0.1) is 6.42 Å². The quantitative estimate of drug-likeness (QED) is 0.704. The number of aliphatic carboxylic acids is 1. The molecule has 2 aromatic rings. The highest BCUT2D eigenvalue weighted by Gasteiger charge is 2.34. The number of carboxylic acids is 1. The van der Waals surface area contributed by atoms with E-state index >= 15 is 0 Å². The van der Waals surface area contributed by atoms with E-state index < -0.39 is 24.3 Å². The van der Waals surface area contributed by atoms with Gasteiger partial charge in [-0.25, -0.2) is 0 Å². The van der Waals surface area contributed by atoms with E-state index in [0.717, 1.165) is 5.56 Å². The van der Waals surface area contributed by atoms with Gasteiger partial charge in [-0.05, 0) is 18.6 Å². The second-order valence-corrected chi connectivity index (χ2v) is 6.10. The standard InChI is InChI=1S/C17H19N5O5/c23-14(22-8-7-19-17(26)12(22)9-15(24)25)5-1-4-13-20-16(21-27-13)11-3-2-6-18-10-11/h2-3,6,10,12H,1,4-5,7-9H2,(H,19,26)(H,24,25)/t12-/m0/s1. The first kappa shape index (κ1) is 18.5. The molecular formula is C17H19N5O5. The Balaban J connectivity index is 1.54. The van der Waals surface area contributed by atoms with E-state index in [1.54, 1.807) is 18.5 Å². The van der Waals surface area contributed by atoms with Crippen LogP contribution in [0.2, 0.25) is 0 Å². The molecule has 0 radical (unpaired) electrons. The van der Waals surface area contributed by atoms with Gasteiger partial charge in [-0.15, -0.1) is 0 Å². The number of hydrogen-bond acceptors (Lipinski definition) is 7. The van der Waals surface area contributed by atoms with Crippen molar-refractivity contribution in [2.45, 2.75) is 31.7 Å². The van der Waals surface area contributed by atoms with Gasteiger partial charge in [0.2, 0.25) is 23.5 Å². The molecule has 2 amide bonds. The SMILES string of the molecule is O=C(O)C[C@H]1C(=O)NCCN1C(=O)CCCc1nc(-c2cccnc2)no1. The minimum atomic E-state index is -1.12. The highest BCUT2D eigenvalue weighted by Crippen LogP contribution is 2.16. The number of carbonyl (C=O) groups is 3. The third kappa shape index (κ3) is 4.66. The number of aromatic nitrogens is 3. The number of nitrogens with zero attached hydrogens (tertiary/aromatic N) is 4. The van der Waals surface area contributed by atoms with Crippen LogP contribution >= 0.6 is 0 Å². The van der Waals surface area contributed by atoms with E-state index in [4.69, 9.17) is 9.63 Å². The maximum absolute atomic E-state index is 12.4. The average molecular weight is 373 g/mol. The zero-order valence-corrected chi connectivity index (χ0v) is 14.5. The first-order valence-electron chi connectivity index (χ1n) is 8.56. The second kappa shape index (κ2) is 8.39. The van der Waals surface area contributed by atoms with Crippen LogP contribution in [0.25, 0.3) is 11.4 Å². The van der Waals surface area contributed by atoms with Gasteiger partial charge in [0, 0.05) is 43.9 Å². The normalized spacial score (nSPS) is 16.8. The first-order chi connectivity index (χ1) is 13.0. The number of carbonyl (C=O) groups excluding carboxylic acids is 2. The number of rotatable bonds is 7. The predicted octanol–water partition coefficient (Wildman–Crippen LogP) is 0.256. The molecular weight excluding hydrogens is 354 g/mol. The molecule has 3 heterocycles. The Bertz CT molecular complexity index is 822. The fourth-order valence-electron chi connectivity index (χ4n) is 2.88. The number of nitrogens with one attached hydrogen (secondary N) is 1. The second-order valence-electron chi connectivity index (χ2n) is 6.10. The van der Waals surface area contributed by atoms with Crippen molar-refractivity contribution in [2.24, 2.45) is 0 Å². The summed E-state index contributed by atoms with van der Waals surface area (Å²) in [5.74, 6) is -0.986. The number of piperazine rings is 1. The molecule has 0 aromatic carbocycles. The number of carboxylic acid groups (broad SMARTS) is 1. The fraction of sp³-hybridized carbons (Fsp3) is 0.412. The summed E-state index contributed by atoms with van der Waals surface area (Å²) in [7, 11) is 0. The maximum atomic E-state index is 12.4. The molecule has 0 bridgehead atoms. The van der Waals surface area contributed by atoms with Crippen molar-refractivity contribution in [1.82, 2.24) is 25.3 Å². The highest BCUT2D eigenvalue weighted by atomic mass is 16.5. The molecule has 142 valence electrons. The third-order valence-electron chi connectivity index (χ3n) is 4.19. The van der Waals surface area contributed by atoms with E-state index in [-0.39, 0.29) is 12.3 Å². The van der Waals surface area contributed by atoms with Gasteiger partial charge in [0.15, 0.2) is 0 Å². The Morgan fingerprint density at radius 2 is 2.26 bits per heavy atom. The summed E-state index contributed by atoms with van der Waals surface area (Å²) in [6.45, 7) is 0.618. The molecule has 1 aliphatic heterocycles. The monoisotopic (exact) mass is 373 g/mol. The molecule has 1 aliphatic rings. The summed E-state index contributed by atoms with van der Waals surface area (Å²) in [6.07, 6.45) is 3.88. The van der Waals surface area contributed by atoms with Gasteiger partial charge < -0.3 is 19.8 Å². The van der Waals surface area contributed by atoms with Crippen LogP contribution < -0.4 is 5.32 Å². The van der Waals surface area contributed by atoms with Gasteiger partial charge in [0.1, 0.15) is 6.04 Å². The van der Waals surface area contributed by atoms with E-state index in [9.17, 15) is 14.4 Å². The fourth-order valence-corrected chi connectivity index (χ4v) is 2.88. The van der Waals surface area contributed by atoms with Gasteiger partial charge >= 0.3 is 5.97 Å². The first-order valence-corrected chi connectivity index (χ1v) is 8.56. The molecule has 2 N–H and O–H groups in total. The largest absolute Gasteiger partial charge is 0.481 e. The lowest BCUT2D eigenvalue weighted by molar-refractivity contribution is -0.148. The van der Waals surface area contributed by atoms with Crippen molar-refractivity contribution >= 4 is 17.8 Å². The van der Waals surface area contributed by atoms with Crippen molar-refractivity contribution in [3.63, 3.8) is 0 Å². The molecule has 27 heavy (non-hydrogen) atoms. The molecule has 0 aliphatic carbocycles. The van der Waals surface area contributed by atoms with E-state index in [1.807, 2.05) is 6.07 Å². The molecule has 0 saturated carbocycles. The van der Waals surface area contributed by atoms with E-state index in [1.165, 1.54) is 4.90 Å². The molecule has 0 unspecified atom stereocenters. The van der Waals surface area contributed by atoms with Crippen LogP contribution in [0.15, 0.2) is 29.0 Å². The van der Waals surface area contributed by atoms with Gasteiger partial charge in [-0.1, -0.05) is 5.16 Å². The Morgan fingerprint density at radius 1 is 1.41 bits per heavy atom. The number of pyridine rings is 1. The minimum absolute atomic E-state index is 0.161. The Kier molecular flexibility index (Phi) is 5.74. The van der Waals surface area contributed by atoms with Crippen LogP contribution in [0.5, 0.6) is 0 Å². The Labute approximate surface area is 154 Å². The summed E-state index contributed by atoms with van der Waals surface area (Å²) in [4.78, 5) is 44.9. The maximum Gasteiger partial charge on any atom is 0.305 e. The topological polar surface area (TPSA) is 139 Å². The zero-order valence-electron chi connectivity index (χ0n) is 14.5. The molecule has 1 saturated heterocycles. The van der Waals surface area contributed by atoms with Crippen molar-refractivity contribution in [3.8, 4) is 11.4 Å². The molecule has 1 atom stereocenters. The van der Waals surface area contributed by atoms with Gasteiger partial charge in [-0.3, -0.25) is 19.4 Å². The van der Waals surface area contributed by atoms with Crippen LogP contribution in [-0.4, -0.2) is 62.0 Å². The average Bonchev–Trinajstić information content (AvgIpc) is 3.12. The lowest BCUT2D eigenvalue weighted by atomic mass is 10.1. The summed E-state index contributed by atoms with van der Waals surface area (Å²) in [6, 6.07) is 2.62. The lowest BCUT2D eigenvalue weighted by Gasteiger charge is -2.34. The molecule has 3 rings (SSSR count). The van der Waals surface area contributed by atoms with Crippen molar-refractivity contribution in [2.75, 3.05) is 13.1 Å². The molecule has 0 spiro atoms. The molecule has 2 aromatic heterocycles. The van der Waals surface area contributed by atoms with Crippen molar-refractivity contribution in [1.29, 1.82) is 0 Å². The van der Waals surface area contributed by atoms with Gasteiger partial charge in [0.25, 0.3) is 0 Å². The van der Waals surface area contributed by atoms with E-state index in [0.29, 0.717) is 37.6 Å². The number of hydrogen-bond donors (Lipinski definition) is 2. The number of aryl methyl sites for hydroxylation is 1. The summed E-state index contributed by atoms with van der Waals surface area (Å²) < 4.78 is 5.18. The third-order valence-corrected chi connectivity index (χ3v) is 4.19. The van der Waals surface area contributed by atoms with Crippen LogP contribution in [0, 0.1) is 0 Å².